The number of allylic oxidation sites excluding steroid dienone is 1. The Balaban J connectivity index is 2.23. The smallest absolute Gasteiger partial charge is 0.251 e. The number of amides is 1. The summed E-state index contributed by atoms with van der Waals surface area (Å²) in [6.45, 7) is 10.0. The zero-order valence-electron chi connectivity index (χ0n) is 15.6. The van der Waals surface area contributed by atoms with Crippen LogP contribution in [0.25, 0.3) is 0 Å². The van der Waals surface area contributed by atoms with Crippen LogP contribution in [0.5, 0.6) is 5.75 Å². The van der Waals surface area contributed by atoms with Crippen molar-refractivity contribution in [3.05, 3.63) is 76.9 Å². The third-order valence-corrected chi connectivity index (χ3v) is 4.55. The normalized spacial score (nSPS) is 11.7. The summed E-state index contributed by atoms with van der Waals surface area (Å²) in [5.41, 5.74) is 5.24. The van der Waals surface area contributed by atoms with Gasteiger partial charge in [0, 0.05) is 5.56 Å². The molecular weight excluding hydrogens is 310 g/mol. The predicted molar refractivity (Wildman–Crippen MR) is 103 cm³/mol. The molecule has 0 spiro atoms. The second-order valence-corrected chi connectivity index (χ2v) is 6.30. The maximum atomic E-state index is 12.7. The van der Waals surface area contributed by atoms with E-state index in [2.05, 4.69) is 50.9 Å². The monoisotopic (exact) mass is 337 g/mol. The number of methoxy groups -OCH3 is 1. The second-order valence-electron chi connectivity index (χ2n) is 6.30. The summed E-state index contributed by atoms with van der Waals surface area (Å²) < 4.78 is 5.35. The maximum Gasteiger partial charge on any atom is 0.251 e. The van der Waals surface area contributed by atoms with E-state index in [4.69, 9.17) is 4.74 Å². The van der Waals surface area contributed by atoms with Crippen molar-refractivity contribution in [2.24, 2.45) is 0 Å². The summed E-state index contributed by atoms with van der Waals surface area (Å²) in [7, 11) is 1.63. The number of carbonyl (C=O) groups excluding carboxylic acids is 1. The van der Waals surface area contributed by atoms with Gasteiger partial charge in [-0.05, 0) is 67.1 Å². The highest BCUT2D eigenvalue weighted by molar-refractivity contribution is 5.94. The van der Waals surface area contributed by atoms with E-state index in [9.17, 15) is 4.79 Å². The molecule has 1 N–H and O–H groups in total. The highest BCUT2D eigenvalue weighted by Crippen LogP contribution is 2.23. The van der Waals surface area contributed by atoms with Crippen molar-refractivity contribution in [2.45, 2.75) is 39.7 Å². The van der Waals surface area contributed by atoms with Gasteiger partial charge in [-0.1, -0.05) is 31.2 Å². The first-order chi connectivity index (χ1) is 12.0. The third kappa shape index (κ3) is 4.50. The molecule has 0 saturated heterocycles. The van der Waals surface area contributed by atoms with E-state index >= 15 is 0 Å². The minimum atomic E-state index is -0.0713. The molecule has 0 aliphatic rings. The Kier molecular flexibility index (Phi) is 6.40. The van der Waals surface area contributed by atoms with Gasteiger partial charge in [0.2, 0.25) is 0 Å². The van der Waals surface area contributed by atoms with Gasteiger partial charge in [0.25, 0.3) is 5.91 Å². The van der Waals surface area contributed by atoms with Gasteiger partial charge in [-0.25, -0.2) is 0 Å². The molecule has 2 aromatic rings. The molecule has 1 amide bonds. The Bertz CT molecular complexity index is 765. The molecule has 0 saturated carbocycles. The minimum Gasteiger partial charge on any atom is -0.496 e. The van der Waals surface area contributed by atoms with Gasteiger partial charge in [-0.3, -0.25) is 4.79 Å². The summed E-state index contributed by atoms with van der Waals surface area (Å²) in [5, 5.41) is 3.15. The van der Waals surface area contributed by atoms with E-state index in [1.807, 2.05) is 18.2 Å². The van der Waals surface area contributed by atoms with Gasteiger partial charge >= 0.3 is 0 Å². The van der Waals surface area contributed by atoms with Crippen LogP contribution in [0.1, 0.15) is 52.0 Å². The molecule has 1 atom stereocenters. The molecule has 0 bridgehead atoms. The summed E-state index contributed by atoms with van der Waals surface area (Å²) in [6.07, 6.45) is 3.31. The average molecular weight is 337 g/mol. The summed E-state index contributed by atoms with van der Waals surface area (Å²) in [6, 6.07) is 11.9. The number of nitrogens with one attached hydrogen (secondary N) is 1. The number of ether oxygens (including phenoxy) is 1. The highest BCUT2D eigenvalue weighted by Gasteiger charge is 2.16. The Morgan fingerprint density at radius 1 is 1.20 bits per heavy atom. The van der Waals surface area contributed by atoms with E-state index < -0.39 is 0 Å². The molecule has 2 aromatic carbocycles. The molecule has 3 nitrogen and oxygen atoms in total. The summed E-state index contributed by atoms with van der Waals surface area (Å²) in [5.74, 6) is 0.704. The maximum absolute atomic E-state index is 12.7. The van der Waals surface area contributed by atoms with Crippen LogP contribution in [0.2, 0.25) is 0 Å². The third-order valence-electron chi connectivity index (χ3n) is 4.55. The van der Waals surface area contributed by atoms with Crippen molar-refractivity contribution in [1.82, 2.24) is 5.32 Å². The average Bonchev–Trinajstić information content (AvgIpc) is 2.62. The van der Waals surface area contributed by atoms with Crippen LogP contribution in [-0.4, -0.2) is 13.0 Å². The molecule has 2 rings (SSSR count). The number of hydrogen-bond donors (Lipinski definition) is 1. The lowest BCUT2D eigenvalue weighted by Gasteiger charge is -2.19. The Morgan fingerprint density at radius 3 is 2.56 bits per heavy atom. The van der Waals surface area contributed by atoms with E-state index in [1.165, 1.54) is 11.1 Å². The topological polar surface area (TPSA) is 38.3 Å². The van der Waals surface area contributed by atoms with E-state index in [0.29, 0.717) is 12.0 Å². The van der Waals surface area contributed by atoms with Crippen LogP contribution >= 0.6 is 0 Å². The number of rotatable bonds is 7. The van der Waals surface area contributed by atoms with Crippen LogP contribution in [-0.2, 0) is 6.42 Å². The summed E-state index contributed by atoms with van der Waals surface area (Å²) >= 11 is 0. The fourth-order valence-electron chi connectivity index (χ4n) is 2.88. The summed E-state index contributed by atoms with van der Waals surface area (Å²) in [4.78, 5) is 12.7. The van der Waals surface area contributed by atoms with Crippen molar-refractivity contribution in [3.8, 4) is 5.75 Å². The van der Waals surface area contributed by atoms with Crippen molar-refractivity contribution in [3.63, 3.8) is 0 Å². The number of aryl methyl sites for hydroxylation is 2. The number of carbonyl (C=O) groups is 1. The van der Waals surface area contributed by atoms with E-state index in [0.717, 1.165) is 23.3 Å². The quantitative estimate of drug-likeness (QED) is 0.728. The molecule has 0 heterocycles. The molecule has 132 valence electrons. The van der Waals surface area contributed by atoms with Crippen LogP contribution in [0, 0.1) is 13.8 Å². The molecule has 0 aliphatic heterocycles. The van der Waals surface area contributed by atoms with Gasteiger partial charge in [-0.15, -0.1) is 6.58 Å². The van der Waals surface area contributed by atoms with Crippen molar-refractivity contribution in [1.29, 1.82) is 0 Å². The van der Waals surface area contributed by atoms with E-state index in [1.54, 1.807) is 13.2 Å². The molecule has 0 radical (unpaired) electrons. The van der Waals surface area contributed by atoms with Gasteiger partial charge < -0.3 is 10.1 Å². The first-order valence-corrected chi connectivity index (χ1v) is 8.66. The van der Waals surface area contributed by atoms with Crippen molar-refractivity contribution in [2.75, 3.05) is 7.11 Å². The Labute approximate surface area is 150 Å². The minimum absolute atomic E-state index is 0.00300. The second kappa shape index (κ2) is 8.52. The van der Waals surface area contributed by atoms with Gasteiger partial charge in [0.15, 0.2) is 0 Å². The molecule has 3 heteroatoms. The molecule has 0 aliphatic carbocycles. The SMILES string of the molecule is C=CCc1cc(C(=O)NC(CC)c2ccc(C)c(C)c2)ccc1OC. The van der Waals surface area contributed by atoms with Crippen LogP contribution < -0.4 is 10.1 Å². The first-order valence-electron chi connectivity index (χ1n) is 8.66. The number of hydrogen-bond acceptors (Lipinski definition) is 2. The molecule has 25 heavy (non-hydrogen) atoms. The van der Waals surface area contributed by atoms with Gasteiger partial charge in [-0.2, -0.15) is 0 Å². The lowest BCUT2D eigenvalue weighted by atomic mass is 9.99. The van der Waals surface area contributed by atoms with Gasteiger partial charge in [0.1, 0.15) is 5.75 Å². The predicted octanol–water partition coefficient (Wildman–Crippen LogP) is 4.92. The molecule has 0 fully saturated rings. The van der Waals surface area contributed by atoms with E-state index in [-0.39, 0.29) is 11.9 Å². The lowest BCUT2D eigenvalue weighted by Crippen LogP contribution is -2.28. The van der Waals surface area contributed by atoms with Crippen molar-refractivity contribution >= 4 is 5.91 Å². The first kappa shape index (κ1) is 18.8. The fourth-order valence-corrected chi connectivity index (χ4v) is 2.88. The van der Waals surface area contributed by atoms with Crippen LogP contribution in [0.15, 0.2) is 49.1 Å². The lowest BCUT2D eigenvalue weighted by molar-refractivity contribution is 0.0935. The Hall–Kier alpha value is -2.55. The molecule has 1 unspecified atom stereocenters. The zero-order chi connectivity index (χ0) is 18.4. The Morgan fingerprint density at radius 2 is 1.96 bits per heavy atom. The largest absolute Gasteiger partial charge is 0.496 e. The fraction of sp³-hybridized carbons (Fsp3) is 0.318. The molecular formula is C22H27NO2. The number of benzene rings is 2. The molecule has 0 aromatic heterocycles. The highest BCUT2D eigenvalue weighted by atomic mass is 16.5. The van der Waals surface area contributed by atoms with Crippen LogP contribution in [0.4, 0.5) is 0 Å². The standard InChI is InChI=1S/C22H27NO2/c1-6-8-18-14-19(11-12-21(18)25-5)22(24)23-20(7-2)17-10-9-15(3)16(4)13-17/h6,9-14,20H,1,7-8H2,2-5H3,(H,23,24). The van der Waals surface area contributed by atoms with Crippen LogP contribution in [0.3, 0.4) is 0 Å². The van der Waals surface area contributed by atoms with Gasteiger partial charge in [0.05, 0.1) is 13.2 Å². The van der Waals surface area contributed by atoms with Crippen molar-refractivity contribution < 1.29 is 9.53 Å². The zero-order valence-corrected chi connectivity index (χ0v) is 15.6.